The standard InChI is InChI=1S/C30H36N2O5/c1-6-36-28(33)26(19-31)27(21-11-8-7-9-12-21)25-14-10-13-22(25)20-32(29(34)37-30(2,3)4)23-15-17-24(35-5)18-16-23/h7-9,11-12,15-18,20,25-27H,6,10,13-14H2,1-5H3/b22-20-/t25-,26?,27+/m1/s1. The molecule has 0 bridgehead atoms. The van der Waals surface area contributed by atoms with E-state index in [-0.39, 0.29) is 12.5 Å². The van der Waals surface area contributed by atoms with Crippen LogP contribution in [0.3, 0.4) is 0 Å². The normalized spacial score (nSPS) is 17.9. The Morgan fingerprint density at radius 1 is 1.14 bits per heavy atom. The third-order valence-corrected chi connectivity index (χ3v) is 6.35. The zero-order chi connectivity index (χ0) is 27.0. The summed E-state index contributed by atoms with van der Waals surface area (Å²) >= 11 is 0. The second-order valence-corrected chi connectivity index (χ2v) is 10.0. The predicted octanol–water partition coefficient (Wildman–Crippen LogP) is 6.61. The number of hydrogen-bond donors (Lipinski definition) is 0. The molecule has 1 amide bonds. The molecule has 1 aliphatic carbocycles. The van der Waals surface area contributed by atoms with Gasteiger partial charge in [-0.3, -0.25) is 9.69 Å². The van der Waals surface area contributed by atoms with Crippen LogP contribution in [0.1, 0.15) is 58.4 Å². The highest BCUT2D eigenvalue weighted by Gasteiger charge is 2.40. The molecule has 0 radical (unpaired) electrons. The van der Waals surface area contributed by atoms with Gasteiger partial charge < -0.3 is 14.2 Å². The van der Waals surface area contributed by atoms with Crippen molar-refractivity contribution in [3.8, 4) is 11.8 Å². The number of hydrogen-bond acceptors (Lipinski definition) is 6. The number of nitriles is 1. The number of allylic oxidation sites excluding steroid dienone is 1. The summed E-state index contributed by atoms with van der Waals surface area (Å²) in [5.74, 6) is -1.35. The van der Waals surface area contributed by atoms with Gasteiger partial charge in [0.15, 0.2) is 5.92 Å². The summed E-state index contributed by atoms with van der Waals surface area (Å²) in [5.41, 5.74) is 1.83. The molecule has 7 nitrogen and oxygen atoms in total. The lowest BCUT2D eigenvalue weighted by molar-refractivity contribution is -0.147. The van der Waals surface area contributed by atoms with Gasteiger partial charge in [-0.25, -0.2) is 4.79 Å². The van der Waals surface area contributed by atoms with E-state index < -0.39 is 29.5 Å². The van der Waals surface area contributed by atoms with Crippen LogP contribution in [0.5, 0.6) is 5.75 Å². The number of benzene rings is 2. The molecule has 7 heteroatoms. The Hall–Kier alpha value is -3.79. The Kier molecular flexibility index (Phi) is 9.35. The van der Waals surface area contributed by atoms with Crippen LogP contribution in [0.4, 0.5) is 10.5 Å². The second kappa shape index (κ2) is 12.4. The molecule has 1 saturated carbocycles. The maximum Gasteiger partial charge on any atom is 0.418 e. The fraction of sp³-hybridized carbons (Fsp3) is 0.433. The van der Waals surface area contributed by atoms with E-state index in [4.69, 9.17) is 14.2 Å². The van der Waals surface area contributed by atoms with E-state index in [1.54, 1.807) is 38.3 Å². The highest BCUT2D eigenvalue weighted by atomic mass is 16.6. The number of amides is 1. The van der Waals surface area contributed by atoms with Gasteiger partial charge in [0.2, 0.25) is 0 Å². The van der Waals surface area contributed by atoms with Crippen LogP contribution in [0.2, 0.25) is 0 Å². The van der Waals surface area contributed by atoms with Gasteiger partial charge in [0.1, 0.15) is 11.4 Å². The Balaban J connectivity index is 2.07. The van der Waals surface area contributed by atoms with Crippen molar-refractivity contribution in [2.75, 3.05) is 18.6 Å². The number of rotatable bonds is 8. The van der Waals surface area contributed by atoms with Gasteiger partial charge in [-0.15, -0.1) is 0 Å². The number of ether oxygens (including phenoxy) is 3. The summed E-state index contributed by atoms with van der Waals surface area (Å²) in [6.07, 6.45) is 3.72. The van der Waals surface area contributed by atoms with E-state index in [1.807, 2.05) is 57.3 Å². The zero-order valence-corrected chi connectivity index (χ0v) is 22.3. The largest absolute Gasteiger partial charge is 0.497 e. The molecular formula is C30H36N2O5. The summed E-state index contributed by atoms with van der Waals surface area (Å²) in [7, 11) is 1.59. The van der Waals surface area contributed by atoms with Crippen LogP contribution < -0.4 is 9.64 Å². The van der Waals surface area contributed by atoms with E-state index in [0.717, 1.165) is 30.4 Å². The van der Waals surface area contributed by atoms with Gasteiger partial charge in [0.05, 0.1) is 25.5 Å². The molecule has 0 spiro atoms. The predicted molar refractivity (Wildman–Crippen MR) is 142 cm³/mol. The molecule has 2 aromatic rings. The first-order chi connectivity index (χ1) is 17.7. The van der Waals surface area contributed by atoms with Crippen molar-refractivity contribution in [2.45, 2.75) is 58.5 Å². The van der Waals surface area contributed by atoms with Crippen molar-refractivity contribution >= 4 is 17.7 Å². The molecular weight excluding hydrogens is 468 g/mol. The Bertz CT molecular complexity index is 1130. The number of nitrogens with zero attached hydrogens (tertiary/aromatic N) is 2. The first-order valence-electron chi connectivity index (χ1n) is 12.7. The number of anilines is 1. The molecule has 1 unspecified atom stereocenters. The van der Waals surface area contributed by atoms with Crippen LogP contribution in [0.25, 0.3) is 0 Å². The summed E-state index contributed by atoms with van der Waals surface area (Å²) in [5, 5.41) is 10.1. The molecule has 0 saturated heterocycles. The zero-order valence-electron chi connectivity index (χ0n) is 22.3. The second-order valence-electron chi connectivity index (χ2n) is 10.0. The minimum Gasteiger partial charge on any atom is -0.497 e. The van der Waals surface area contributed by atoms with Crippen LogP contribution in [-0.4, -0.2) is 31.4 Å². The van der Waals surface area contributed by atoms with Crippen LogP contribution in [0.15, 0.2) is 66.4 Å². The highest BCUT2D eigenvalue weighted by molar-refractivity contribution is 5.90. The fourth-order valence-electron chi connectivity index (χ4n) is 4.76. The summed E-state index contributed by atoms with van der Waals surface area (Å²) in [6, 6.07) is 19.0. The van der Waals surface area contributed by atoms with Crippen molar-refractivity contribution in [3.63, 3.8) is 0 Å². The molecule has 0 N–H and O–H groups in total. The molecule has 1 aliphatic rings. The van der Waals surface area contributed by atoms with Gasteiger partial charge in [0.25, 0.3) is 0 Å². The van der Waals surface area contributed by atoms with Gasteiger partial charge in [-0.05, 0) is 88.3 Å². The smallest absolute Gasteiger partial charge is 0.418 e. The minimum atomic E-state index is -0.968. The van der Waals surface area contributed by atoms with Crippen molar-refractivity contribution in [1.29, 1.82) is 5.26 Å². The summed E-state index contributed by atoms with van der Waals surface area (Å²) < 4.78 is 16.3. The SMILES string of the molecule is CCOC(=O)C(C#N)[C@@H](c1ccccc1)[C@@H]1CCC/C1=C/N(C(=O)OC(C)(C)C)c1ccc(OC)cc1. The first kappa shape index (κ1) is 27.8. The topological polar surface area (TPSA) is 88.9 Å². The van der Waals surface area contributed by atoms with E-state index in [0.29, 0.717) is 11.4 Å². The highest BCUT2D eigenvalue weighted by Crippen LogP contribution is 2.45. The molecule has 0 aromatic heterocycles. The number of methoxy groups -OCH3 is 1. The van der Waals surface area contributed by atoms with E-state index in [9.17, 15) is 14.9 Å². The molecule has 3 rings (SSSR count). The maximum absolute atomic E-state index is 13.3. The van der Waals surface area contributed by atoms with Gasteiger partial charge >= 0.3 is 12.1 Å². The lowest BCUT2D eigenvalue weighted by atomic mass is 9.75. The average Bonchev–Trinajstić information content (AvgIpc) is 3.33. The van der Waals surface area contributed by atoms with Crippen molar-refractivity contribution < 1.29 is 23.8 Å². The van der Waals surface area contributed by atoms with Crippen LogP contribution in [0, 0.1) is 23.2 Å². The third kappa shape index (κ3) is 7.13. The van der Waals surface area contributed by atoms with Gasteiger partial charge in [0, 0.05) is 12.1 Å². The monoisotopic (exact) mass is 504 g/mol. The van der Waals surface area contributed by atoms with Crippen molar-refractivity contribution in [1.82, 2.24) is 0 Å². The molecule has 2 aromatic carbocycles. The third-order valence-electron chi connectivity index (χ3n) is 6.35. The van der Waals surface area contributed by atoms with Crippen molar-refractivity contribution in [2.24, 2.45) is 11.8 Å². The number of carbonyl (C=O) groups excluding carboxylic acids is 2. The molecule has 0 heterocycles. The van der Waals surface area contributed by atoms with Gasteiger partial charge in [-0.1, -0.05) is 30.3 Å². The molecule has 3 atom stereocenters. The lowest BCUT2D eigenvalue weighted by Crippen LogP contribution is -2.34. The Morgan fingerprint density at radius 2 is 1.81 bits per heavy atom. The van der Waals surface area contributed by atoms with Gasteiger partial charge in [-0.2, -0.15) is 5.26 Å². The number of carbonyl (C=O) groups is 2. The molecule has 196 valence electrons. The van der Waals surface area contributed by atoms with Crippen LogP contribution >= 0.6 is 0 Å². The average molecular weight is 505 g/mol. The number of esters is 1. The van der Waals surface area contributed by atoms with E-state index in [1.165, 1.54) is 4.90 Å². The fourth-order valence-corrected chi connectivity index (χ4v) is 4.76. The molecule has 0 aliphatic heterocycles. The minimum absolute atomic E-state index is 0.125. The lowest BCUT2D eigenvalue weighted by Gasteiger charge is -2.30. The molecule has 37 heavy (non-hydrogen) atoms. The first-order valence-corrected chi connectivity index (χ1v) is 12.7. The molecule has 1 fully saturated rings. The van der Waals surface area contributed by atoms with Crippen molar-refractivity contribution in [3.05, 3.63) is 71.9 Å². The van der Waals surface area contributed by atoms with Crippen LogP contribution in [-0.2, 0) is 14.3 Å². The quantitative estimate of drug-likeness (QED) is 0.376. The maximum atomic E-state index is 13.3. The van der Waals surface area contributed by atoms with E-state index in [2.05, 4.69) is 6.07 Å². The Labute approximate surface area is 219 Å². The summed E-state index contributed by atoms with van der Waals surface area (Å²) in [6.45, 7) is 7.41. The van der Waals surface area contributed by atoms with E-state index >= 15 is 0 Å². The Morgan fingerprint density at radius 3 is 2.38 bits per heavy atom. The summed E-state index contributed by atoms with van der Waals surface area (Å²) in [4.78, 5) is 27.7.